The van der Waals surface area contributed by atoms with Gasteiger partial charge in [0.2, 0.25) is 0 Å². The molecule has 0 aliphatic rings. The van der Waals surface area contributed by atoms with Crippen molar-refractivity contribution in [1.29, 1.82) is 0 Å². The van der Waals surface area contributed by atoms with E-state index in [0.29, 0.717) is 18.7 Å². The highest BCUT2D eigenvalue weighted by Gasteiger charge is 2.00. The molecular formula is C7H11N3O3. The van der Waals surface area contributed by atoms with Crippen molar-refractivity contribution in [3.05, 3.63) is 11.9 Å². The molecule has 0 radical (unpaired) electrons. The molecule has 0 atom stereocenters. The lowest BCUT2D eigenvalue weighted by molar-refractivity contribution is -0.137. The second-order valence-corrected chi connectivity index (χ2v) is 2.63. The number of carbonyl (C=O) groups is 1. The van der Waals surface area contributed by atoms with Crippen molar-refractivity contribution in [2.45, 2.75) is 26.0 Å². The number of aryl methyl sites for hydroxylation is 1. The summed E-state index contributed by atoms with van der Waals surface area (Å²) in [6.07, 6.45) is 2.24. The van der Waals surface area contributed by atoms with Gasteiger partial charge in [-0.25, -0.2) is 0 Å². The van der Waals surface area contributed by atoms with Gasteiger partial charge in [0, 0.05) is 13.0 Å². The number of aromatic nitrogens is 3. The second kappa shape index (κ2) is 4.56. The molecule has 0 bridgehead atoms. The van der Waals surface area contributed by atoms with Gasteiger partial charge in [0.25, 0.3) is 0 Å². The molecule has 72 valence electrons. The van der Waals surface area contributed by atoms with Gasteiger partial charge in [0.15, 0.2) is 0 Å². The number of aliphatic hydroxyl groups excluding tert-OH is 1. The molecule has 13 heavy (non-hydrogen) atoms. The largest absolute Gasteiger partial charge is 0.481 e. The van der Waals surface area contributed by atoms with Crippen LogP contribution in [-0.2, 0) is 17.9 Å². The van der Waals surface area contributed by atoms with Crippen molar-refractivity contribution in [2.24, 2.45) is 0 Å². The molecule has 1 aromatic heterocycles. The van der Waals surface area contributed by atoms with E-state index in [4.69, 9.17) is 10.2 Å². The quantitative estimate of drug-likeness (QED) is 0.653. The molecule has 0 fully saturated rings. The minimum absolute atomic E-state index is 0.119. The van der Waals surface area contributed by atoms with Crippen molar-refractivity contribution in [3.8, 4) is 0 Å². The SMILES string of the molecule is O=C(O)CCCn1cc(CO)nn1. The summed E-state index contributed by atoms with van der Waals surface area (Å²) in [7, 11) is 0. The molecule has 1 heterocycles. The van der Waals surface area contributed by atoms with E-state index in [9.17, 15) is 4.79 Å². The van der Waals surface area contributed by atoms with Gasteiger partial charge in [0.05, 0.1) is 12.8 Å². The molecule has 0 aliphatic carbocycles. The predicted octanol–water partition coefficient (Wildman–Crippen LogP) is -0.365. The summed E-state index contributed by atoms with van der Waals surface area (Å²) in [5, 5.41) is 24.4. The zero-order chi connectivity index (χ0) is 9.68. The number of carboxylic acids is 1. The fraction of sp³-hybridized carbons (Fsp3) is 0.571. The first-order chi connectivity index (χ1) is 6.22. The van der Waals surface area contributed by atoms with Crippen molar-refractivity contribution in [2.75, 3.05) is 0 Å². The number of carboxylic acid groups (broad SMARTS) is 1. The van der Waals surface area contributed by atoms with Gasteiger partial charge in [-0.1, -0.05) is 5.21 Å². The van der Waals surface area contributed by atoms with Crippen LogP contribution in [0, 0.1) is 0 Å². The van der Waals surface area contributed by atoms with Gasteiger partial charge in [-0.3, -0.25) is 9.48 Å². The monoisotopic (exact) mass is 185 g/mol. The van der Waals surface area contributed by atoms with E-state index >= 15 is 0 Å². The predicted molar refractivity (Wildman–Crippen MR) is 42.8 cm³/mol. The molecule has 2 N–H and O–H groups in total. The van der Waals surface area contributed by atoms with Gasteiger partial charge in [0.1, 0.15) is 5.69 Å². The van der Waals surface area contributed by atoms with E-state index in [1.54, 1.807) is 6.20 Å². The molecule has 0 saturated carbocycles. The number of aliphatic hydroxyl groups is 1. The topological polar surface area (TPSA) is 88.2 Å². The number of nitrogens with zero attached hydrogens (tertiary/aromatic N) is 3. The van der Waals surface area contributed by atoms with Gasteiger partial charge >= 0.3 is 5.97 Å². The fourth-order valence-corrected chi connectivity index (χ4v) is 0.913. The van der Waals surface area contributed by atoms with E-state index in [-0.39, 0.29) is 13.0 Å². The van der Waals surface area contributed by atoms with E-state index in [1.807, 2.05) is 0 Å². The third-order valence-corrected chi connectivity index (χ3v) is 1.53. The first-order valence-electron chi connectivity index (χ1n) is 3.94. The number of rotatable bonds is 5. The zero-order valence-corrected chi connectivity index (χ0v) is 7.05. The van der Waals surface area contributed by atoms with Crippen LogP contribution in [0.25, 0.3) is 0 Å². The normalized spacial score (nSPS) is 10.2. The highest BCUT2D eigenvalue weighted by molar-refractivity contribution is 5.66. The molecule has 1 aromatic rings. The molecule has 0 spiro atoms. The van der Waals surface area contributed by atoms with Crippen LogP contribution in [0.5, 0.6) is 0 Å². The molecule has 6 heteroatoms. The highest BCUT2D eigenvalue weighted by atomic mass is 16.4. The lowest BCUT2D eigenvalue weighted by Crippen LogP contribution is -2.02. The van der Waals surface area contributed by atoms with Gasteiger partial charge in [-0.05, 0) is 6.42 Å². The molecule has 6 nitrogen and oxygen atoms in total. The molecule has 0 amide bonds. The van der Waals surface area contributed by atoms with Crippen LogP contribution in [0.15, 0.2) is 6.20 Å². The first-order valence-corrected chi connectivity index (χ1v) is 3.94. The lowest BCUT2D eigenvalue weighted by atomic mass is 10.3. The van der Waals surface area contributed by atoms with E-state index in [0.717, 1.165) is 0 Å². The Morgan fingerprint density at radius 1 is 1.62 bits per heavy atom. The third kappa shape index (κ3) is 3.20. The molecule has 0 unspecified atom stereocenters. The first kappa shape index (κ1) is 9.66. The minimum atomic E-state index is -0.817. The van der Waals surface area contributed by atoms with E-state index < -0.39 is 5.97 Å². The van der Waals surface area contributed by atoms with Crippen LogP contribution in [-0.4, -0.2) is 31.2 Å². The Kier molecular flexibility index (Phi) is 3.39. The van der Waals surface area contributed by atoms with Gasteiger partial charge < -0.3 is 10.2 Å². The fourth-order valence-electron chi connectivity index (χ4n) is 0.913. The molecule has 0 aromatic carbocycles. The van der Waals surface area contributed by atoms with Gasteiger partial charge in [-0.15, -0.1) is 5.10 Å². The maximum Gasteiger partial charge on any atom is 0.303 e. The Balaban J connectivity index is 2.32. The number of hydrogen-bond acceptors (Lipinski definition) is 4. The zero-order valence-electron chi connectivity index (χ0n) is 7.05. The van der Waals surface area contributed by atoms with Gasteiger partial charge in [-0.2, -0.15) is 0 Å². The summed E-state index contributed by atoms with van der Waals surface area (Å²) >= 11 is 0. The maximum atomic E-state index is 10.2. The smallest absolute Gasteiger partial charge is 0.303 e. The van der Waals surface area contributed by atoms with E-state index in [1.165, 1.54) is 4.68 Å². The van der Waals surface area contributed by atoms with Crippen LogP contribution in [0.3, 0.4) is 0 Å². The number of aliphatic carboxylic acids is 1. The molecule has 0 saturated heterocycles. The maximum absolute atomic E-state index is 10.2. The Hall–Kier alpha value is -1.43. The van der Waals surface area contributed by atoms with Crippen LogP contribution in [0.4, 0.5) is 0 Å². The summed E-state index contributed by atoms with van der Waals surface area (Å²) in [6, 6.07) is 0. The van der Waals surface area contributed by atoms with Crippen molar-refractivity contribution >= 4 is 5.97 Å². The second-order valence-electron chi connectivity index (χ2n) is 2.63. The van der Waals surface area contributed by atoms with Crippen molar-refractivity contribution < 1.29 is 15.0 Å². The molecule has 1 rings (SSSR count). The summed E-state index contributed by atoms with van der Waals surface area (Å²) in [4.78, 5) is 10.2. The summed E-state index contributed by atoms with van der Waals surface area (Å²) in [6.45, 7) is 0.373. The lowest BCUT2D eigenvalue weighted by Gasteiger charge is -1.96. The standard InChI is InChI=1S/C7H11N3O3/c11-5-6-4-10(9-8-6)3-1-2-7(12)13/h4,11H,1-3,5H2,(H,12,13). The van der Waals surface area contributed by atoms with Crippen LogP contribution < -0.4 is 0 Å². The van der Waals surface area contributed by atoms with Crippen LogP contribution in [0.2, 0.25) is 0 Å². The van der Waals surface area contributed by atoms with E-state index in [2.05, 4.69) is 10.3 Å². The Morgan fingerprint density at radius 2 is 2.38 bits per heavy atom. The highest BCUT2D eigenvalue weighted by Crippen LogP contribution is 1.96. The average molecular weight is 185 g/mol. The average Bonchev–Trinajstić information content (AvgIpc) is 2.52. The Morgan fingerprint density at radius 3 is 2.92 bits per heavy atom. The van der Waals surface area contributed by atoms with Crippen LogP contribution >= 0.6 is 0 Å². The van der Waals surface area contributed by atoms with Crippen molar-refractivity contribution in [1.82, 2.24) is 15.0 Å². The number of hydrogen-bond donors (Lipinski definition) is 2. The summed E-state index contributed by atoms with van der Waals surface area (Å²) in [5.74, 6) is -0.817. The Bertz CT molecular complexity index is 284. The van der Waals surface area contributed by atoms with Crippen LogP contribution in [0.1, 0.15) is 18.5 Å². The molecule has 0 aliphatic heterocycles. The molecular weight excluding hydrogens is 174 g/mol. The third-order valence-electron chi connectivity index (χ3n) is 1.53. The summed E-state index contributed by atoms with van der Waals surface area (Å²) in [5.41, 5.74) is 0.496. The minimum Gasteiger partial charge on any atom is -0.481 e. The van der Waals surface area contributed by atoms with Crippen molar-refractivity contribution in [3.63, 3.8) is 0 Å². The summed E-state index contributed by atoms with van der Waals surface area (Å²) < 4.78 is 1.52. The Labute approximate surface area is 74.8 Å².